The Balaban J connectivity index is 4.06. The van der Waals surface area contributed by atoms with Crippen LogP contribution in [0, 0.1) is 0 Å². The lowest BCUT2D eigenvalue weighted by Gasteiger charge is -1.91. The van der Waals surface area contributed by atoms with Crippen molar-refractivity contribution in [3.8, 4) is 0 Å². The van der Waals surface area contributed by atoms with Gasteiger partial charge >= 0.3 is 0 Å². The summed E-state index contributed by atoms with van der Waals surface area (Å²) >= 11 is 0. The highest BCUT2D eigenvalue weighted by Gasteiger charge is 1.85. The van der Waals surface area contributed by atoms with Crippen molar-refractivity contribution in [3.63, 3.8) is 0 Å². The molecule has 2 heteroatoms. The van der Waals surface area contributed by atoms with Gasteiger partial charge in [-0.3, -0.25) is 0 Å². The number of aliphatic hydroxyl groups is 1. The Morgan fingerprint density at radius 3 is 2.56 bits per heavy atom. The topological polar surface area (TPSA) is 46.2 Å². The Morgan fingerprint density at radius 2 is 2.22 bits per heavy atom. The van der Waals surface area contributed by atoms with Crippen LogP contribution >= 0.6 is 0 Å². The van der Waals surface area contributed by atoms with Crippen LogP contribution < -0.4 is 5.73 Å². The van der Waals surface area contributed by atoms with Gasteiger partial charge in [0.05, 0.1) is 0 Å². The molecule has 0 fully saturated rings. The Kier molecular flexibility index (Phi) is 3.28. The maximum atomic E-state index is 8.88. The summed E-state index contributed by atoms with van der Waals surface area (Å²) in [6.45, 7) is 5.06. The molecule has 0 heterocycles. The summed E-state index contributed by atoms with van der Waals surface area (Å²) in [5.74, 6) is 0.0925. The van der Waals surface area contributed by atoms with Gasteiger partial charge in [0.25, 0.3) is 0 Å². The molecule has 3 N–H and O–H groups in total. The van der Waals surface area contributed by atoms with E-state index in [9.17, 15) is 0 Å². The summed E-state index contributed by atoms with van der Waals surface area (Å²) in [5, 5.41) is 8.88. The molecule has 0 saturated heterocycles. The lowest BCUT2D eigenvalue weighted by Crippen LogP contribution is -1.94. The van der Waals surface area contributed by atoms with E-state index in [0.717, 1.165) is 0 Å². The summed E-state index contributed by atoms with van der Waals surface area (Å²) in [7, 11) is 0. The van der Waals surface area contributed by atoms with Crippen molar-refractivity contribution in [3.05, 3.63) is 36.3 Å². The maximum absolute atomic E-state index is 8.88. The molecule has 0 aliphatic carbocycles. The SMILES string of the molecule is C=C/C=C\C(O)=C(/C)N. The van der Waals surface area contributed by atoms with Crippen LogP contribution in [-0.2, 0) is 0 Å². The molecule has 0 aliphatic rings. The Hall–Kier alpha value is -1.18. The monoisotopic (exact) mass is 125 g/mol. The van der Waals surface area contributed by atoms with E-state index in [2.05, 4.69) is 6.58 Å². The predicted octanol–water partition coefficient (Wildman–Crippen LogP) is 1.48. The molecule has 0 radical (unpaired) electrons. The third kappa shape index (κ3) is 3.41. The van der Waals surface area contributed by atoms with Crippen LogP contribution in [0.15, 0.2) is 36.3 Å². The van der Waals surface area contributed by atoms with Crippen molar-refractivity contribution in [2.24, 2.45) is 5.73 Å². The molecule has 0 aromatic heterocycles. The lowest BCUT2D eigenvalue weighted by molar-refractivity contribution is 0.424. The van der Waals surface area contributed by atoms with Crippen molar-refractivity contribution < 1.29 is 5.11 Å². The van der Waals surface area contributed by atoms with Crippen molar-refractivity contribution in [1.82, 2.24) is 0 Å². The van der Waals surface area contributed by atoms with Crippen molar-refractivity contribution in [2.45, 2.75) is 6.92 Å². The maximum Gasteiger partial charge on any atom is 0.133 e. The molecule has 50 valence electrons. The summed E-state index contributed by atoms with van der Waals surface area (Å²) in [4.78, 5) is 0. The van der Waals surface area contributed by atoms with E-state index >= 15 is 0 Å². The van der Waals surface area contributed by atoms with Crippen LogP contribution in [-0.4, -0.2) is 5.11 Å². The van der Waals surface area contributed by atoms with Gasteiger partial charge in [-0.05, 0) is 13.0 Å². The minimum Gasteiger partial charge on any atom is -0.506 e. The first kappa shape index (κ1) is 7.82. The molecule has 0 spiro atoms. The first-order chi connectivity index (χ1) is 4.18. The van der Waals surface area contributed by atoms with Gasteiger partial charge in [-0.1, -0.05) is 18.7 Å². The van der Waals surface area contributed by atoms with Gasteiger partial charge in [0.2, 0.25) is 0 Å². The van der Waals surface area contributed by atoms with Gasteiger partial charge < -0.3 is 10.8 Å². The van der Waals surface area contributed by atoms with Crippen LogP contribution in [0.4, 0.5) is 0 Å². The van der Waals surface area contributed by atoms with E-state index in [0.29, 0.717) is 5.70 Å². The summed E-state index contributed by atoms with van der Waals surface area (Å²) in [6.07, 6.45) is 4.67. The van der Waals surface area contributed by atoms with Gasteiger partial charge in [0, 0.05) is 5.70 Å². The van der Waals surface area contributed by atoms with Crippen molar-refractivity contribution in [2.75, 3.05) is 0 Å². The average molecular weight is 125 g/mol. The van der Waals surface area contributed by atoms with Crippen LogP contribution in [0.3, 0.4) is 0 Å². The van der Waals surface area contributed by atoms with Gasteiger partial charge in [0.1, 0.15) is 5.76 Å². The number of hydrogen-bond acceptors (Lipinski definition) is 2. The minimum atomic E-state index is 0.0925. The van der Waals surface area contributed by atoms with Crippen LogP contribution in [0.2, 0.25) is 0 Å². The standard InChI is InChI=1S/C7H11NO/c1-3-4-5-7(9)6(2)8/h3-5,9H,1,8H2,2H3/b5-4-,7-6-. The first-order valence-electron chi connectivity index (χ1n) is 2.63. The fourth-order valence-corrected chi connectivity index (χ4v) is 0.291. The second kappa shape index (κ2) is 3.78. The predicted molar refractivity (Wildman–Crippen MR) is 38.9 cm³/mol. The van der Waals surface area contributed by atoms with Gasteiger partial charge in [-0.25, -0.2) is 0 Å². The smallest absolute Gasteiger partial charge is 0.133 e. The number of aliphatic hydroxyl groups excluding tert-OH is 1. The van der Waals surface area contributed by atoms with Crippen LogP contribution in [0.25, 0.3) is 0 Å². The number of rotatable bonds is 2. The van der Waals surface area contributed by atoms with E-state index < -0.39 is 0 Å². The van der Waals surface area contributed by atoms with Gasteiger partial charge in [0.15, 0.2) is 0 Å². The molecule has 0 aliphatic heterocycles. The molecule has 0 amide bonds. The summed E-state index contributed by atoms with van der Waals surface area (Å²) < 4.78 is 0. The van der Waals surface area contributed by atoms with E-state index in [1.165, 1.54) is 6.08 Å². The first-order valence-corrected chi connectivity index (χ1v) is 2.63. The molecule has 0 rings (SSSR count). The Labute approximate surface area is 55.0 Å². The molecule has 0 bridgehead atoms. The van der Waals surface area contributed by atoms with Crippen LogP contribution in [0.5, 0.6) is 0 Å². The molecular weight excluding hydrogens is 114 g/mol. The van der Waals surface area contributed by atoms with Crippen LogP contribution in [0.1, 0.15) is 6.92 Å². The van der Waals surface area contributed by atoms with Gasteiger partial charge in [-0.2, -0.15) is 0 Å². The van der Waals surface area contributed by atoms with E-state index in [1.54, 1.807) is 19.1 Å². The largest absolute Gasteiger partial charge is 0.506 e. The molecule has 0 aromatic carbocycles. The van der Waals surface area contributed by atoms with Gasteiger partial charge in [-0.15, -0.1) is 0 Å². The molecule has 0 unspecified atom stereocenters. The Bertz CT molecular complexity index is 152. The van der Waals surface area contributed by atoms with E-state index in [-0.39, 0.29) is 5.76 Å². The number of nitrogens with two attached hydrogens (primary N) is 1. The molecule has 0 aromatic rings. The second-order valence-corrected chi connectivity index (χ2v) is 1.66. The molecular formula is C7H11NO. The van der Waals surface area contributed by atoms with Crippen molar-refractivity contribution >= 4 is 0 Å². The number of allylic oxidation sites excluding steroid dienone is 4. The molecule has 2 nitrogen and oxygen atoms in total. The third-order valence-electron chi connectivity index (χ3n) is 0.794. The normalized spacial score (nSPS) is 13.4. The van der Waals surface area contributed by atoms with E-state index in [4.69, 9.17) is 10.8 Å². The second-order valence-electron chi connectivity index (χ2n) is 1.66. The zero-order valence-corrected chi connectivity index (χ0v) is 5.46. The molecule has 0 saturated carbocycles. The highest BCUT2D eigenvalue weighted by molar-refractivity contribution is 5.18. The fourth-order valence-electron chi connectivity index (χ4n) is 0.291. The van der Waals surface area contributed by atoms with Crippen molar-refractivity contribution in [1.29, 1.82) is 0 Å². The quantitative estimate of drug-likeness (QED) is 0.433. The van der Waals surface area contributed by atoms with E-state index in [1.807, 2.05) is 0 Å². The highest BCUT2D eigenvalue weighted by Crippen LogP contribution is 1.93. The average Bonchev–Trinajstić information content (AvgIpc) is 1.82. The fraction of sp³-hybridized carbons (Fsp3) is 0.143. The zero-order chi connectivity index (χ0) is 7.28. The summed E-state index contributed by atoms with van der Waals surface area (Å²) in [6, 6.07) is 0. The Morgan fingerprint density at radius 1 is 1.67 bits per heavy atom. The zero-order valence-electron chi connectivity index (χ0n) is 5.46. The lowest BCUT2D eigenvalue weighted by atomic mass is 10.3. The number of hydrogen-bond donors (Lipinski definition) is 2. The minimum absolute atomic E-state index is 0.0925. The highest BCUT2D eigenvalue weighted by atomic mass is 16.3. The summed E-state index contributed by atoms with van der Waals surface area (Å²) in [5.41, 5.74) is 5.63. The molecule has 0 atom stereocenters. The molecule has 9 heavy (non-hydrogen) atoms. The third-order valence-corrected chi connectivity index (χ3v) is 0.794.